The number of aliphatic hydroxyl groups is 3. The molecule has 1 aliphatic rings. The van der Waals surface area contributed by atoms with Crippen LogP contribution < -0.4 is 0 Å². The average Bonchev–Trinajstić information content (AvgIpc) is 2.58. The van der Waals surface area contributed by atoms with Gasteiger partial charge in [0.15, 0.2) is 0 Å². The maximum absolute atomic E-state index is 10.5. The number of phenols is 1. The van der Waals surface area contributed by atoms with Gasteiger partial charge in [-0.2, -0.15) is 0 Å². The van der Waals surface area contributed by atoms with Crippen LogP contribution in [0.3, 0.4) is 0 Å². The number of rotatable bonds is 1. The molecule has 1 aliphatic carbocycles. The van der Waals surface area contributed by atoms with Crippen LogP contribution in [0.25, 0.3) is 21.9 Å². The van der Waals surface area contributed by atoms with E-state index in [9.17, 15) is 20.4 Å². The summed E-state index contributed by atoms with van der Waals surface area (Å²) in [6.07, 6.45) is -3.56. The molecule has 0 aromatic heterocycles. The Bertz CT molecular complexity index is 886. The van der Waals surface area contributed by atoms with Crippen LogP contribution in [0.1, 0.15) is 23.3 Å². The average molecular weight is 308 g/mol. The van der Waals surface area contributed by atoms with Crippen LogP contribution in [0.4, 0.5) is 0 Å². The Morgan fingerprint density at radius 3 is 2.22 bits per heavy atom. The Balaban J connectivity index is 2.07. The first-order chi connectivity index (χ1) is 11.1. The van der Waals surface area contributed by atoms with Gasteiger partial charge in [0.2, 0.25) is 0 Å². The molecule has 23 heavy (non-hydrogen) atoms. The highest BCUT2D eigenvalue weighted by Gasteiger charge is 2.36. The minimum Gasteiger partial charge on any atom is -0.508 e. The number of hydrogen-bond acceptors (Lipinski definition) is 4. The summed E-state index contributed by atoms with van der Waals surface area (Å²) in [4.78, 5) is 0. The SMILES string of the molecule is Oc1ccc(-c2ccc3cccc4c3c2C(O)C(O)C4O)cc1. The van der Waals surface area contributed by atoms with Crippen LogP contribution in [0.15, 0.2) is 54.6 Å². The summed E-state index contributed by atoms with van der Waals surface area (Å²) in [7, 11) is 0. The minimum atomic E-state index is -1.27. The Kier molecular flexibility index (Phi) is 3.13. The molecular formula is C19H16O4. The van der Waals surface area contributed by atoms with Crippen LogP contribution in [0.2, 0.25) is 0 Å². The van der Waals surface area contributed by atoms with E-state index in [1.165, 1.54) is 0 Å². The molecule has 0 heterocycles. The molecule has 4 nitrogen and oxygen atoms in total. The molecule has 0 radical (unpaired) electrons. The van der Waals surface area contributed by atoms with Crippen molar-refractivity contribution in [2.45, 2.75) is 18.3 Å². The molecule has 0 saturated heterocycles. The molecule has 0 bridgehead atoms. The van der Waals surface area contributed by atoms with Crippen LogP contribution in [-0.2, 0) is 0 Å². The first-order valence-electron chi connectivity index (χ1n) is 7.47. The maximum Gasteiger partial charge on any atom is 0.115 e. The molecule has 4 rings (SSSR count). The summed E-state index contributed by atoms with van der Waals surface area (Å²) in [5.74, 6) is 0.167. The van der Waals surface area contributed by atoms with Crippen molar-refractivity contribution in [3.05, 3.63) is 65.7 Å². The molecule has 3 aromatic carbocycles. The lowest BCUT2D eigenvalue weighted by Gasteiger charge is -2.32. The van der Waals surface area contributed by atoms with E-state index in [0.29, 0.717) is 11.1 Å². The predicted octanol–water partition coefficient (Wildman–Crippen LogP) is 2.65. The van der Waals surface area contributed by atoms with Gasteiger partial charge in [-0.1, -0.05) is 42.5 Å². The van der Waals surface area contributed by atoms with Gasteiger partial charge in [-0.3, -0.25) is 0 Å². The Labute approximate surface area is 132 Å². The van der Waals surface area contributed by atoms with E-state index in [4.69, 9.17) is 0 Å². The second-order valence-electron chi connectivity index (χ2n) is 5.90. The quantitative estimate of drug-likeness (QED) is 0.557. The Morgan fingerprint density at radius 1 is 0.739 bits per heavy atom. The number of hydrogen-bond donors (Lipinski definition) is 4. The molecule has 0 fully saturated rings. The van der Waals surface area contributed by atoms with Gasteiger partial charge >= 0.3 is 0 Å². The van der Waals surface area contributed by atoms with Gasteiger partial charge in [0.1, 0.15) is 24.1 Å². The highest BCUT2D eigenvalue weighted by molar-refractivity contribution is 5.95. The summed E-state index contributed by atoms with van der Waals surface area (Å²) in [6.45, 7) is 0. The lowest BCUT2D eigenvalue weighted by Crippen LogP contribution is -2.30. The third-order valence-corrected chi connectivity index (χ3v) is 4.56. The van der Waals surface area contributed by atoms with E-state index in [0.717, 1.165) is 21.9 Å². The predicted molar refractivity (Wildman–Crippen MR) is 87.0 cm³/mol. The van der Waals surface area contributed by atoms with E-state index in [-0.39, 0.29) is 5.75 Å². The smallest absolute Gasteiger partial charge is 0.115 e. The van der Waals surface area contributed by atoms with Gasteiger partial charge in [0.25, 0.3) is 0 Å². The van der Waals surface area contributed by atoms with Crippen molar-refractivity contribution in [1.29, 1.82) is 0 Å². The first kappa shape index (κ1) is 14.2. The number of phenolic OH excluding ortho intramolecular Hbond substituents is 1. The monoisotopic (exact) mass is 308 g/mol. The van der Waals surface area contributed by atoms with Crippen molar-refractivity contribution in [1.82, 2.24) is 0 Å². The molecule has 3 atom stereocenters. The highest BCUT2D eigenvalue weighted by atomic mass is 16.4. The number of benzene rings is 3. The summed E-state index contributed by atoms with van der Waals surface area (Å²) >= 11 is 0. The summed E-state index contributed by atoms with van der Waals surface area (Å²) in [6, 6.07) is 16.0. The zero-order valence-corrected chi connectivity index (χ0v) is 12.2. The fourth-order valence-corrected chi connectivity index (χ4v) is 3.41. The first-order valence-corrected chi connectivity index (χ1v) is 7.47. The van der Waals surface area contributed by atoms with Crippen molar-refractivity contribution in [3.63, 3.8) is 0 Å². The van der Waals surface area contributed by atoms with Crippen molar-refractivity contribution in [2.24, 2.45) is 0 Å². The normalized spacial score (nSPS) is 23.2. The van der Waals surface area contributed by atoms with E-state index in [1.807, 2.05) is 24.3 Å². The topological polar surface area (TPSA) is 80.9 Å². The molecule has 4 heteroatoms. The zero-order chi connectivity index (χ0) is 16.1. The van der Waals surface area contributed by atoms with Crippen molar-refractivity contribution >= 4 is 10.8 Å². The minimum absolute atomic E-state index is 0.167. The summed E-state index contributed by atoms with van der Waals surface area (Å²) in [5.41, 5.74) is 2.85. The zero-order valence-electron chi connectivity index (χ0n) is 12.2. The summed E-state index contributed by atoms with van der Waals surface area (Å²) < 4.78 is 0. The van der Waals surface area contributed by atoms with Gasteiger partial charge in [-0.05, 0) is 45.2 Å². The molecule has 116 valence electrons. The Hall–Kier alpha value is -2.40. The van der Waals surface area contributed by atoms with E-state index >= 15 is 0 Å². The molecule has 0 spiro atoms. The fraction of sp³-hybridized carbons (Fsp3) is 0.158. The van der Waals surface area contributed by atoms with Gasteiger partial charge in [0, 0.05) is 0 Å². The molecule has 4 N–H and O–H groups in total. The van der Waals surface area contributed by atoms with Gasteiger partial charge in [-0.25, -0.2) is 0 Å². The molecule has 3 aromatic rings. The van der Waals surface area contributed by atoms with Gasteiger partial charge in [0.05, 0.1) is 0 Å². The lowest BCUT2D eigenvalue weighted by atomic mass is 9.79. The number of aromatic hydroxyl groups is 1. The van der Waals surface area contributed by atoms with Crippen LogP contribution in [0, 0.1) is 0 Å². The van der Waals surface area contributed by atoms with E-state index < -0.39 is 18.3 Å². The third kappa shape index (κ3) is 2.04. The molecule has 0 aliphatic heterocycles. The standard InChI is InChI=1S/C19H16O4/c20-12-7-4-10(5-8-12)13-9-6-11-2-1-3-14-15(11)16(13)18(22)19(23)17(14)21/h1-9,17-23H. The fourth-order valence-electron chi connectivity index (χ4n) is 3.41. The molecule has 0 amide bonds. The van der Waals surface area contributed by atoms with E-state index in [2.05, 4.69) is 0 Å². The van der Waals surface area contributed by atoms with E-state index in [1.54, 1.807) is 30.3 Å². The van der Waals surface area contributed by atoms with Gasteiger partial charge in [-0.15, -0.1) is 0 Å². The third-order valence-electron chi connectivity index (χ3n) is 4.56. The van der Waals surface area contributed by atoms with Crippen molar-refractivity contribution in [2.75, 3.05) is 0 Å². The maximum atomic E-state index is 10.5. The second-order valence-corrected chi connectivity index (χ2v) is 5.90. The van der Waals surface area contributed by atoms with Gasteiger partial charge < -0.3 is 20.4 Å². The molecule has 0 saturated carbocycles. The lowest BCUT2D eigenvalue weighted by molar-refractivity contribution is -0.0647. The highest BCUT2D eigenvalue weighted by Crippen LogP contribution is 2.45. The van der Waals surface area contributed by atoms with Crippen LogP contribution >= 0.6 is 0 Å². The molecule has 3 unspecified atom stereocenters. The largest absolute Gasteiger partial charge is 0.508 e. The summed E-state index contributed by atoms with van der Waals surface area (Å²) in [5, 5.41) is 42.2. The molecular weight excluding hydrogens is 292 g/mol. The van der Waals surface area contributed by atoms with Crippen LogP contribution in [-0.4, -0.2) is 26.5 Å². The van der Waals surface area contributed by atoms with Crippen LogP contribution in [0.5, 0.6) is 5.75 Å². The van der Waals surface area contributed by atoms with Crippen molar-refractivity contribution < 1.29 is 20.4 Å². The van der Waals surface area contributed by atoms with Crippen molar-refractivity contribution in [3.8, 4) is 16.9 Å². The Morgan fingerprint density at radius 2 is 1.48 bits per heavy atom. The second kappa shape index (κ2) is 5.06. The number of aliphatic hydroxyl groups excluding tert-OH is 3.